The Balaban J connectivity index is 2.03. The zero-order chi connectivity index (χ0) is 14.6. The van der Waals surface area contributed by atoms with E-state index >= 15 is 0 Å². The van der Waals surface area contributed by atoms with Crippen LogP contribution in [0.15, 0.2) is 42.7 Å². The molecule has 6 heteroatoms. The number of ether oxygens (including phenoxy) is 1. The first-order valence-corrected chi connectivity index (χ1v) is 6.34. The Kier molecular flexibility index (Phi) is 4.32. The molecule has 0 atom stereocenters. The molecule has 1 aromatic heterocycles. The molecule has 0 spiro atoms. The summed E-state index contributed by atoms with van der Waals surface area (Å²) in [5.41, 5.74) is 1.37. The molecule has 2 nitrogen and oxygen atoms in total. The first-order chi connectivity index (χ1) is 9.49. The number of nitrogens with zero attached hydrogens (tertiary/aromatic N) is 1. The van der Waals surface area contributed by atoms with Crippen LogP contribution in [0.2, 0.25) is 0 Å². The maximum Gasteiger partial charge on any atom is 0.511 e. The molecule has 0 saturated heterocycles. The standard InChI is InChI=1S/C14H14BF3NO/c1-2-11-3-5-12(6-4-11)10-20-14-7-13(8-19-9-14)15(16,17)18/h3-9H,2,10H2,1H3/q-1. The first kappa shape index (κ1) is 14.4. The minimum Gasteiger partial charge on any atom is -0.487 e. The molecule has 106 valence electrons. The van der Waals surface area contributed by atoms with Crippen molar-refractivity contribution in [1.29, 1.82) is 0 Å². The number of halogens is 3. The Labute approximate surface area is 115 Å². The van der Waals surface area contributed by atoms with E-state index in [2.05, 4.69) is 11.9 Å². The van der Waals surface area contributed by atoms with Crippen molar-refractivity contribution in [1.82, 2.24) is 4.98 Å². The molecule has 1 aromatic carbocycles. The fourth-order valence-corrected chi connectivity index (χ4v) is 1.73. The lowest BCUT2D eigenvalue weighted by Gasteiger charge is -2.15. The summed E-state index contributed by atoms with van der Waals surface area (Å²) in [7, 11) is 0. The lowest BCUT2D eigenvalue weighted by molar-refractivity contribution is 0.305. The van der Waals surface area contributed by atoms with Gasteiger partial charge in [-0.15, -0.1) is 0 Å². The van der Waals surface area contributed by atoms with Crippen molar-refractivity contribution < 1.29 is 17.7 Å². The van der Waals surface area contributed by atoms with Crippen LogP contribution in [0.4, 0.5) is 12.9 Å². The molecule has 1 heterocycles. The third-order valence-corrected chi connectivity index (χ3v) is 2.95. The number of hydrogen-bond acceptors (Lipinski definition) is 2. The second kappa shape index (κ2) is 5.99. The number of aromatic nitrogens is 1. The van der Waals surface area contributed by atoms with E-state index in [4.69, 9.17) is 4.74 Å². The van der Waals surface area contributed by atoms with Gasteiger partial charge in [-0.05, 0) is 23.6 Å². The predicted octanol–water partition coefficient (Wildman–Crippen LogP) is 3.28. The van der Waals surface area contributed by atoms with Gasteiger partial charge in [0, 0.05) is 6.20 Å². The van der Waals surface area contributed by atoms with E-state index in [-0.39, 0.29) is 12.4 Å². The van der Waals surface area contributed by atoms with Crippen molar-refractivity contribution in [2.24, 2.45) is 0 Å². The molecule has 0 radical (unpaired) electrons. The Morgan fingerprint density at radius 1 is 1.05 bits per heavy atom. The molecule has 0 aliphatic carbocycles. The number of aryl methyl sites for hydroxylation is 1. The number of rotatable bonds is 5. The van der Waals surface area contributed by atoms with Gasteiger partial charge in [0.2, 0.25) is 0 Å². The normalized spacial score (nSPS) is 11.4. The van der Waals surface area contributed by atoms with E-state index in [1.54, 1.807) is 0 Å². The second-order valence-corrected chi connectivity index (χ2v) is 4.49. The van der Waals surface area contributed by atoms with Gasteiger partial charge in [0.1, 0.15) is 12.4 Å². The van der Waals surface area contributed by atoms with Crippen LogP contribution in [-0.2, 0) is 13.0 Å². The molecular formula is C14H14BF3NO-. The highest BCUT2D eigenvalue weighted by Crippen LogP contribution is 2.15. The summed E-state index contributed by atoms with van der Waals surface area (Å²) in [6, 6.07) is 8.75. The molecule has 2 rings (SSSR count). The van der Waals surface area contributed by atoms with E-state index in [0.717, 1.165) is 24.2 Å². The van der Waals surface area contributed by atoms with Crippen molar-refractivity contribution in [2.45, 2.75) is 20.0 Å². The monoisotopic (exact) mass is 280 g/mol. The van der Waals surface area contributed by atoms with Gasteiger partial charge in [-0.1, -0.05) is 36.7 Å². The van der Waals surface area contributed by atoms with Crippen LogP contribution in [-0.4, -0.2) is 12.0 Å². The van der Waals surface area contributed by atoms with Gasteiger partial charge in [0.15, 0.2) is 0 Å². The topological polar surface area (TPSA) is 22.1 Å². The third kappa shape index (κ3) is 3.76. The van der Waals surface area contributed by atoms with Crippen LogP contribution in [0.1, 0.15) is 18.1 Å². The largest absolute Gasteiger partial charge is 0.511 e. The fraction of sp³-hybridized carbons (Fsp3) is 0.214. The average Bonchev–Trinajstić information content (AvgIpc) is 2.45. The van der Waals surface area contributed by atoms with Crippen molar-refractivity contribution in [3.8, 4) is 5.75 Å². The van der Waals surface area contributed by atoms with E-state index in [9.17, 15) is 12.9 Å². The number of hydrogen-bond donors (Lipinski definition) is 0. The minimum atomic E-state index is -5.05. The van der Waals surface area contributed by atoms with Crippen molar-refractivity contribution >= 4 is 12.4 Å². The van der Waals surface area contributed by atoms with Gasteiger partial charge >= 0.3 is 6.98 Å². The summed E-state index contributed by atoms with van der Waals surface area (Å²) in [5.74, 6) is 0.126. The van der Waals surface area contributed by atoms with Crippen LogP contribution in [0, 0.1) is 0 Å². The molecule has 0 aliphatic heterocycles. The number of benzene rings is 1. The maximum absolute atomic E-state index is 12.6. The van der Waals surface area contributed by atoms with E-state index in [0.29, 0.717) is 0 Å². The summed E-state index contributed by atoms with van der Waals surface area (Å²) in [6.45, 7) is -2.77. The molecule has 2 aromatic rings. The fourth-order valence-electron chi connectivity index (χ4n) is 1.73. The molecule has 0 saturated carbocycles. The Morgan fingerprint density at radius 2 is 1.70 bits per heavy atom. The van der Waals surface area contributed by atoms with Gasteiger partial charge in [-0.25, -0.2) is 0 Å². The summed E-state index contributed by atoms with van der Waals surface area (Å²) in [4.78, 5) is 3.56. The Hall–Kier alpha value is -1.98. The summed E-state index contributed by atoms with van der Waals surface area (Å²) >= 11 is 0. The molecule has 0 unspecified atom stereocenters. The lowest BCUT2D eigenvalue weighted by Crippen LogP contribution is -2.34. The molecular weight excluding hydrogens is 266 g/mol. The van der Waals surface area contributed by atoms with Crippen LogP contribution in [0.3, 0.4) is 0 Å². The SMILES string of the molecule is CCc1ccc(COc2cncc([B-](F)(F)F)c2)cc1. The van der Waals surface area contributed by atoms with Crippen LogP contribution in [0.5, 0.6) is 5.75 Å². The van der Waals surface area contributed by atoms with Gasteiger partial charge in [0.05, 0.1) is 6.20 Å². The van der Waals surface area contributed by atoms with E-state index in [1.165, 1.54) is 11.8 Å². The molecule has 0 bridgehead atoms. The second-order valence-electron chi connectivity index (χ2n) is 4.49. The molecule has 20 heavy (non-hydrogen) atoms. The van der Waals surface area contributed by atoms with Crippen LogP contribution < -0.4 is 10.2 Å². The summed E-state index contributed by atoms with van der Waals surface area (Å²) in [5, 5.41) is 0. The van der Waals surface area contributed by atoms with Gasteiger partial charge in [-0.2, -0.15) is 0 Å². The highest BCUT2D eigenvalue weighted by Gasteiger charge is 2.26. The smallest absolute Gasteiger partial charge is 0.487 e. The number of pyridine rings is 1. The predicted molar refractivity (Wildman–Crippen MR) is 73.1 cm³/mol. The van der Waals surface area contributed by atoms with E-state index in [1.807, 2.05) is 24.3 Å². The molecule has 0 fully saturated rings. The van der Waals surface area contributed by atoms with Gasteiger partial charge in [0.25, 0.3) is 0 Å². The maximum atomic E-state index is 12.6. The summed E-state index contributed by atoms with van der Waals surface area (Å²) < 4.78 is 43.1. The Morgan fingerprint density at radius 3 is 2.30 bits per heavy atom. The molecule has 0 aliphatic rings. The van der Waals surface area contributed by atoms with E-state index < -0.39 is 12.4 Å². The van der Waals surface area contributed by atoms with Gasteiger partial charge < -0.3 is 17.7 Å². The van der Waals surface area contributed by atoms with Crippen molar-refractivity contribution in [3.05, 3.63) is 53.9 Å². The highest BCUT2D eigenvalue weighted by atomic mass is 19.4. The minimum absolute atomic E-state index is 0.126. The van der Waals surface area contributed by atoms with Gasteiger partial charge in [-0.3, -0.25) is 4.98 Å². The zero-order valence-corrected chi connectivity index (χ0v) is 11.0. The first-order valence-electron chi connectivity index (χ1n) is 6.34. The molecule has 0 amide bonds. The van der Waals surface area contributed by atoms with Crippen molar-refractivity contribution in [3.63, 3.8) is 0 Å². The molecule has 0 N–H and O–H groups in total. The van der Waals surface area contributed by atoms with Crippen LogP contribution >= 0.6 is 0 Å². The third-order valence-electron chi connectivity index (χ3n) is 2.95. The Bertz CT molecular complexity index is 569. The lowest BCUT2D eigenvalue weighted by atomic mass is 9.81. The van der Waals surface area contributed by atoms with Crippen molar-refractivity contribution in [2.75, 3.05) is 0 Å². The van der Waals surface area contributed by atoms with Crippen LogP contribution in [0.25, 0.3) is 0 Å². The quantitative estimate of drug-likeness (QED) is 0.784. The highest BCUT2D eigenvalue weighted by molar-refractivity contribution is 6.73. The average molecular weight is 280 g/mol. The zero-order valence-electron chi connectivity index (χ0n) is 11.0. The summed E-state index contributed by atoms with van der Waals surface area (Å²) in [6.07, 6.45) is 3.04.